The van der Waals surface area contributed by atoms with E-state index >= 15 is 0 Å². The lowest BCUT2D eigenvalue weighted by atomic mass is 9.79. The van der Waals surface area contributed by atoms with Crippen LogP contribution in [0.25, 0.3) is 0 Å². The molecule has 0 aliphatic rings. The molecule has 4 N–H and O–H groups in total. The Bertz CT molecular complexity index is 449. The first-order valence-electron chi connectivity index (χ1n) is 5.35. The van der Waals surface area contributed by atoms with E-state index in [1.54, 1.807) is 12.1 Å². The van der Waals surface area contributed by atoms with Crippen LogP contribution in [0.5, 0.6) is 0 Å². The second-order valence-electron chi connectivity index (χ2n) is 3.91. The SMILES string of the molecule is CC(=O)NC(Cc1cccc(B(O)O)c1)C(=O)O. The van der Waals surface area contributed by atoms with E-state index in [0.717, 1.165) is 0 Å². The second-order valence-corrected chi connectivity index (χ2v) is 3.91. The van der Waals surface area contributed by atoms with E-state index in [9.17, 15) is 9.59 Å². The maximum absolute atomic E-state index is 10.9. The number of aliphatic carboxylic acids is 1. The van der Waals surface area contributed by atoms with E-state index < -0.39 is 25.0 Å². The van der Waals surface area contributed by atoms with Gasteiger partial charge in [0.1, 0.15) is 6.04 Å². The van der Waals surface area contributed by atoms with E-state index in [4.69, 9.17) is 15.2 Å². The molecule has 1 rings (SSSR count). The second kappa shape index (κ2) is 6.18. The molecule has 0 radical (unpaired) electrons. The van der Waals surface area contributed by atoms with E-state index in [1.165, 1.54) is 19.1 Å². The number of rotatable bonds is 5. The number of carboxylic acid groups (broad SMARTS) is 1. The molecule has 0 saturated carbocycles. The van der Waals surface area contributed by atoms with Gasteiger partial charge in [0.05, 0.1) is 0 Å². The summed E-state index contributed by atoms with van der Waals surface area (Å²) in [6, 6.07) is 5.22. The van der Waals surface area contributed by atoms with Gasteiger partial charge in [-0.2, -0.15) is 0 Å². The first-order chi connectivity index (χ1) is 8.40. The van der Waals surface area contributed by atoms with Crippen molar-refractivity contribution in [2.75, 3.05) is 0 Å². The topological polar surface area (TPSA) is 107 Å². The number of carbonyl (C=O) groups is 2. The average Bonchev–Trinajstić information content (AvgIpc) is 2.27. The van der Waals surface area contributed by atoms with E-state index in [-0.39, 0.29) is 11.9 Å². The van der Waals surface area contributed by atoms with Crippen LogP contribution in [0.4, 0.5) is 0 Å². The molecule has 7 heteroatoms. The predicted molar refractivity (Wildman–Crippen MR) is 65.2 cm³/mol. The average molecular weight is 251 g/mol. The summed E-state index contributed by atoms with van der Waals surface area (Å²) < 4.78 is 0. The van der Waals surface area contributed by atoms with Gasteiger partial charge in [0.25, 0.3) is 0 Å². The lowest BCUT2D eigenvalue weighted by molar-refractivity contribution is -0.141. The zero-order chi connectivity index (χ0) is 13.7. The fraction of sp³-hybridized carbons (Fsp3) is 0.273. The van der Waals surface area contributed by atoms with Crippen molar-refractivity contribution >= 4 is 24.5 Å². The summed E-state index contributed by atoms with van der Waals surface area (Å²) in [4.78, 5) is 21.8. The molecular formula is C11H14BNO5. The van der Waals surface area contributed by atoms with Crippen molar-refractivity contribution in [3.8, 4) is 0 Å². The Morgan fingerprint density at radius 2 is 2.06 bits per heavy atom. The maximum atomic E-state index is 10.9. The van der Waals surface area contributed by atoms with E-state index in [2.05, 4.69) is 5.32 Å². The van der Waals surface area contributed by atoms with Crippen LogP contribution >= 0.6 is 0 Å². The van der Waals surface area contributed by atoms with Crippen LogP contribution in [0.2, 0.25) is 0 Å². The van der Waals surface area contributed by atoms with Gasteiger partial charge in [-0.3, -0.25) is 4.79 Å². The van der Waals surface area contributed by atoms with Crippen LogP contribution in [0.1, 0.15) is 12.5 Å². The van der Waals surface area contributed by atoms with Crippen LogP contribution < -0.4 is 10.8 Å². The van der Waals surface area contributed by atoms with E-state index in [1.807, 2.05) is 0 Å². The minimum absolute atomic E-state index is 0.0788. The molecule has 1 aromatic carbocycles. The molecule has 0 aliphatic carbocycles. The Morgan fingerprint density at radius 1 is 1.39 bits per heavy atom. The Labute approximate surface area is 104 Å². The molecule has 1 aromatic rings. The highest BCUT2D eigenvalue weighted by Crippen LogP contribution is 2.03. The summed E-state index contributed by atoms with van der Waals surface area (Å²) in [5.74, 6) is -1.57. The highest BCUT2D eigenvalue weighted by Gasteiger charge is 2.19. The number of carbonyl (C=O) groups excluding carboxylic acids is 1. The summed E-state index contributed by atoms with van der Waals surface area (Å²) in [5, 5.41) is 29.3. The van der Waals surface area contributed by atoms with E-state index in [0.29, 0.717) is 5.56 Å². The van der Waals surface area contributed by atoms with Gasteiger partial charge in [-0.15, -0.1) is 0 Å². The molecule has 0 fully saturated rings. The summed E-state index contributed by atoms with van der Waals surface area (Å²) >= 11 is 0. The number of hydrogen-bond donors (Lipinski definition) is 4. The van der Waals surface area contributed by atoms with Gasteiger partial charge < -0.3 is 20.5 Å². The molecule has 96 valence electrons. The molecule has 0 heterocycles. The zero-order valence-electron chi connectivity index (χ0n) is 9.83. The molecule has 0 aliphatic heterocycles. The number of benzene rings is 1. The van der Waals surface area contributed by atoms with Crippen molar-refractivity contribution in [3.63, 3.8) is 0 Å². The number of amides is 1. The third kappa shape index (κ3) is 4.19. The third-order valence-corrected chi connectivity index (χ3v) is 2.36. The van der Waals surface area contributed by atoms with Gasteiger partial charge >= 0.3 is 13.1 Å². The smallest absolute Gasteiger partial charge is 0.480 e. The van der Waals surface area contributed by atoms with Crippen LogP contribution in [0, 0.1) is 0 Å². The first-order valence-corrected chi connectivity index (χ1v) is 5.35. The van der Waals surface area contributed by atoms with Crippen LogP contribution in [0.15, 0.2) is 24.3 Å². The molecule has 0 aromatic heterocycles. The standard InChI is InChI=1S/C11H14BNO5/c1-7(14)13-10(11(15)16)6-8-3-2-4-9(5-8)12(17)18/h2-5,10,17-18H,6H2,1H3,(H,13,14)(H,15,16). The minimum atomic E-state index is -1.60. The fourth-order valence-electron chi connectivity index (χ4n) is 1.56. The third-order valence-electron chi connectivity index (χ3n) is 2.36. The Morgan fingerprint density at radius 3 is 2.56 bits per heavy atom. The number of carboxylic acids is 1. The molecule has 1 unspecified atom stereocenters. The molecule has 1 atom stereocenters. The van der Waals surface area contributed by atoms with Crippen LogP contribution in [-0.4, -0.2) is 40.2 Å². The Hall–Kier alpha value is -1.86. The molecule has 18 heavy (non-hydrogen) atoms. The van der Waals surface area contributed by atoms with Gasteiger partial charge in [0.15, 0.2) is 0 Å². The highest BCUT2D eigenvalue weighted by atomic mass is 16.4. The fourth-order valence-corrected chi connectivity index (χ4v) is 1.56. The molecular weight excluding hydrogens is 237 g/mol. The van der Waals surface area contributed by atoms with Crippen molar-refractivity contribution < 1.29 is 24.7 Å². The minimum Gasteiger partial charge on any atom is -0.480 e. The summed E-state index contributed by atoms with van der Waals surface area (Å²) in [7, 11) is -1.60. The van der Waals surface area contributed by atoms with Crippen molar-refractivity contribution in [2.24, 2.45) is 0 Å². The van der Waals surface area contributed by atoms with Gasteiger partial charge in [-0.25, -0.2) is 4.79 Å². The monoisotopic (exact) mass is 251 g/mol. The molecule has 0 bridgehead atoms. The summed E-state index contributed by atoms with van der Waals surface area (Å²) in [6.07, 6.45) is 0.0788. The van der Waals surface area contributed by atoms with Crippen molar-refractivity contribution in [1.29, 1.82) is 0 Å². The Kier molecular flexibility index (Phi) is 4.88. The van der Waals surface area contributed by atoms with Crippen molar-refractivity contribution in [3.05, 3.63) is 29.8 Å². The number of hydrogen-bond acceptors (Lipinski definition) is 4. The predicted octanol–water partition coefficient (Wildman–Crippen LogP) is -1.50. The molecule has 0 saturated heterocycles. The molecule has 1 amide bonds. The van der Waals surface area contributed by atoms with Crippen molar-refractivity contribution in [1.82, 2.24) is 5.32 Å². The van der Waals surface area contributed by atoms with Gasteiger partial charge in [-0.05, 0) is 11.0 Å². The van der Waals surface area contributed by atoms with Crippen LogP contribution in [0.3, 0.4) is 0 Å². The maximum Gasteiger partial charge on any atom is 0.488 e. The Balaban J connectivity index is 2.83. The van der Waals surface area contributed by atoms with Gasteiger partial charge in [0, 0.05) is 13.3 Å². The quantitative estimate of drug-likeness (QED) is 0.476. The first kappa shape index (κ1) is 14.2. The highest BCUT2D eigenvalue weighted by molar-refractivity contribution is 6.58. The van der Waals surface area contributed by atoms with Crippen molar-refractivity contribution in [2.45, 2.75) is 19.4 Å². The largest absolute Gasteiger partial charge is 0.488 e. The molecule has 0 spiro atoms. The van der Waals surface area contributed by atoms with Gasteiger partial charge in [0.2, 0.25) is 5.91 Å². The normalized spacial score (nSPS) is 11.7. The lowest BCUT2D eigenvalue weighted by Crippen LogP contribution is -2.41. The van der Waals surface area contributed by atoms with Gasteiger partial charge in [-0.1, -0.05) is 24.3 Å². The molecule has 6 nitrogen and oxygen atoms in total. The van der Waals surface area contributed by atoms with Crippen LogP contribution in [-0.2, 0) is 16.0 Å². The zero-order valence-corrected chi connectivity index (χ0v) is 9.83. The number of nitrogens with one attached hydrogen (secondary N) is 1. The summed E-state index contributed by atoms with van der Waals surface area (Å²) in [5.41, 5.74) is 0.876. The summed E-state index contributed by atoms with van der Waals surface area (Å²) in [6.45, 7) is 1.24. The lowest BCUT2D eigenvalue weighted by Gasteiger charge is -2.13.